The molecule has 4 bridgehead atoms. The molecule has 3 aromatic carbocycles. The van der Waals surface area contributed by atoms with Crippen molar-refractivity contribution in [1.29, 1.82) is 0 Å². The van der Waals surface area contributed by atoms with Gasteiger partial charge in [-0.2, -0.15) is 0 Å². The Morgan fingerprint density at radius 1 is 0.930 bits per heavy atom. The molecule has 6 rings (SSSR count). The van der Waals surface area contributed by atoms with E-state index in [1.54, 1.807) is 0 Å². The number of fused-ring (bicyclic) bond motifs is 4. The van der Waals surface area contributed by atoms with Crippen LogP contribution in [0.25, 0.3) is 0 Å². The molecule has 9 heteroatoms. The van der Waals surface area contributed by atoms with Crippen molar-refractivity contribution in [1.82, 2.24) is 24.9 Å². The van der Waals surface area contributed by atoms with E-state index in [2.05, 4.69) is 62.3 Å². The summed E-state index contributed by atoms with van der Waals surface area (Å²) in [5.41, 5.74) is 4.65. The highest BCUT2D eigenvalue weighted by molar-refractivity contribution is 9.10. The van der Waals surface area contributed by atoms with Crippen molar-refractivity contribution in [3.8, 4) is 0 Å². The average molecular weight is 640 g/mol. The number of carbonyl (C=O) groups is 1. The lowest BCUT2D eigenvalue weighted by atomic mass is 10.1. The Labute approximate surface area is 260 Å². The number of rotatable bonds is 6. The fraction of sp³-hybridized carbons (Fsp3) is 0.294. The van der Waals surface area contributed by atoms with E-state index in [9.17, 15) is 4.79 Å². The minimum atomic E-state index is -0.313. The van der Waals surface area contributed by atoms with Crippen molar-refractivity contribution >= 4 is 27.7 Å². The van der Waals surface area contributed by atoms with Gasteiger partial charge >= 0.3 is 0 Å². The van der Waals surface area contributed by atoms with Crippen LogP contribution in [0.3, 0.4) is 0 Å². The van der Waals surface area contributed by atoms with Gasteiger partial charge in [-0.1, -0.05) is 88.7 Å². The third-order valence-electron chi connectivity index (χ3n) is 7.79. The first-order chi connectivity index (χ1) is 21.1. The molecular weight excluding hydrogens is 604 g/mol. The Morgan fingerprint density at radius 3 is 2.35 bits per heavy atom. The number of oxazole rings is 1. The van der Waals surface area contributed by atoms with Gasteiger partial charge in [0.1, 0.15) is 17.4 Å². The first-order valence-electron chi connectivity index (χ1n) is 14.9. The molecule has 0 radical (unpaired) electrons. The molecule has 1 aliphatic rings. The Morgan fingerprint density at radius 2 is 1.63 bits per heavy atom. The summed E-state index contributed by atoms with van der Waals surface area (Å²) in [6.07, 6.45) is 4.98. The Bertz CT molecular complexity index is 1630. The van der Waals surface area contributed by atoms with Crippen molar-refractivity contribution < 1.29 is 9.21 Å². The van der Waals surface area contributed by atoms with Crippen molar-refractivity contribution in [3.63, 3.8) is 0 Å². The van der Waals surface area contributed by atoms with Crippen LogP contribution in [0.15, 0.2) is 100 Å². The summed E-state index contributed by atoms with van der Waals surface area (Å²) in [7, 11) is 0. The van der Waals surface area contributed by atoms with Crippen LogP contribution in [-0.4, -0.2) is 37.3 Å². The summed E-state index contributed by atoms with van der Waals surface area (Å²) in [4.78, 5) is 23.3. The second-order valence-electron chi connectivity index (χ2n) is 10.9. The number of amides is 1. The highest BCUT2D eigenvalue weighted by Gasteiger charge is 2.31. The summed E-state index contributed by atoms with van der Waals surface area (Å²) in [5.74, 6) is 1.23. The number of nitrogens with zero attached hydrogens (tertiary/aromatic N) is 6. The third-order valence-corrected chi connectivity index (χ3v) is 8.31. The maximum atomic E-state index is 14.0. The second-order valence-corrected chi connectivity index (χ2v) is 11.8. The molecule has 43 heavy (non-hydrogen) atoms. The Kier molecular flexibility index (Phi) is 8.98. The van der Waals surface area contributed by atoms with Crippen LogP contribution in [0.5, 0.6) is 0 Å². The van der Waals surface area contributed by atoms with Crippen molar-refractivity contribution in [3.05, 3.63) is 130 Å². The highest BCUT2D eigenvalue weighted by Crippen LogP contribution is 2.34. The fourth-order valence-corrected chi connectivity index (χ4v) is 5.88. The van der Waals surface area contributed by atoms with Crippen molar-refractivity contribution in [2.75, 3.05) is 11.4 Å². The molecule has 5 aromatic rings. The molecule has 0 saturated heterocycles. The molecule has 1 unspecified atom stereocenters. The normalized spacial score (nSPS) is 15.7. The number of hydrogen-bond donors (Lipinski definition) is 0. The second kappa shape index (κ2) is 13.4. The van der Waals surface area contributed by atoms with Gasteiger partial charge in [0.25, 0.3) is 5.91 Å². The van der Waals surface area contributed by atoms with Crippen LogP contribution in [-0.2, 0) is 26.1 Å². The van der Waals surface area contributed by atoms with Gasteiger partial charge in [-0.15, -0.1) is 5.10 Å². The minimum absolute atomic E-state index is 0.0278. The summed E-state index contributed by atoms with van der Waals surface area (Å²) >= 11 is 3.49. The number of aromatic nitrogens is 4. The number of benzene rings is 3. The van der Waals surface area contributed by atoms with Gasteiger partial charge in [0.05, 0.1) is 12.7 Å². The molecule has 0 aliphatic carbocycles. The standard InChI is InChI=1S/C34H35BrN6O2/c1-2-31-32-36-30(21-25-11-5-3-6-12-25)34(43-32)39(22-26-13-7-4-8-14-26)23-29-24-40(38-37-29)19-9-10-20-41(31)33(42)27-15-17-28(35)18-16-27/h3-8,11-18,24,31H,2,9-10,19-23H2,1H3. The first kappa shape index (κ1) is 28.9. The molecule has 220 valence electrons. The van der Waals surface area contributed by atoms with Gasteiger partial charge in [-0.25, -0.2) is 4.98 Å². The van der Waals surface area contributed by atoms with E-state index in [1.807, 2.05) is 76.4 Å². The zero-order chi connectivity index (χ0) is 29.6. The van der Waals surface area contributed by atoms with Crippen LogP contribution in [0.4, 0.5) is 5.88 Å². The third kappa shape index (κ3) is 6.88. The lowest BCUT2D eigenvalue weighted by Gasteiger charge is -2.29. The average Bonchev–Trinajstić information content (AvgIpc) is 3.66. The number of aryl methyl sites for hydroxylation is 1. The largest absolute Gasteiger partial charge is 0.423 e. The maximum absolute atomic E-state index is 14.0. The summed E-state index contributed by atoms with van der Waals surface area (Å²) < 4.78 is 9.60. The first-order valence-corrected chi connectivity index (χ1v) is 15.6. The van der Waals surface area contributed by atoms with Crippen molar-refractivity contribution in [2.24, 2.45) is 0 Å². The smallest absolute Gasteiger partial charge is 0.254 e. The van der Waals surface area contributed by atoms with Gasteiger partial charge in [-0.3, -0.25) is 9.48 Å². The predicted octanol–water partition coefficient (Wildman–Crippen LogP) is 7.21. The highest BCUT2D eigenvalue weighted by atomic mass is 79.9. The quantitative estimate of drug-likeness (QED) is 0.195. The Hall–Kier alpha value is -4.24. The molecule has 1 amide bonds. The molecule has 8 nitrogen and oxygen atoms in total. The Balaban J connectivity index is 1.45. The molecule has 0 spiro atoms. The van der Waals surface area contributed by atoms with E-state index in [1.165, 1.54) is 0 Å². The summed E-state index contributed by atoms with van der Waals surface area (Å²) in [6, 6.07) is 27.9. The van der Waals surface area contributed by atoms with E-state index in [0.717, 1.165) is 46.4 Å². The molecule has 1 aliphatic heterocycles. The molecular formula is C34H35BrN6O2. The predicted molar refractivity (Wildman–Crippen MR) is 170 cm³/mol. The van der Waals surface area contributed by atoms with Gasteiger partial charge in [-0.05, 0) is 54.7 Å². The summed E-state index contributed by atoms with van der Waals surface area (Å²) in [6.45, 7) is 4.54. The van der Waals surface area contributed by atoms with Crippen LogP contribution in [0, 0.1) is 0 Å². The zero-order valence-electron chi connectivity index (χ0n) is 24.3. The van der Waals surface area contributed by atoms with Crippen LogP contribution >= 0.6 is 15.9 Å². The van der Waals surface area contributed by atoms with Gasteiger partial charge < -0.3 is 14.2 Å². The minimum Gasteiger partial charge on any atom is -0.423 e. The van der Waals surface area contributed by atoms with E-state index < -0.39 is 0 Å². The maximum Gasteiger partial charge on any atom is 0.254 e. The van der Waals surface area contributed by atoms with Crippen LogP contribution < -0.4 is 4.90 Å². The number of carbonyl (C=O) groups excluding carboxylic acids is 1. The topological polar surface area (TPSA) is 80.3 Å². The summed E-state index contributed by atoms with van der Waals surface area (Å²) in [5, 5.41) is 8.91. The van der Waals surface area contributed by atoms with E-state index in [4.69, 9.17) is 9.40 Å². The molecule has 2 aromatic heterocycles. The van der Waals surface area contributed by atoms with E-state index in [-0.39, 0.29) is 11.9 Å². The number of anilines is 1. The van der Waals surface area contributed by atoms with E-state index in [0.29, 0.717) is 49.8 Å². The SMILES string of the molecule is CCC1c2nc(Cc3ccccc3)c(o2)N(Cc2ccccc2)Cc2cn(nn2)CCCCN1C(=O)c1ccc(Br)cc1. The molecule has 0 saturated carbocycles. The lowest BCUT2D eigenvalue weighted by Crippen LogP contribution is -2.36. The number of halogens is 1. The van der Waals surface area contributed by atoms with Crippen LogP contribution in [0.2, 0.25) is 0 Å². The monoisotopic (exact) mass is 638 g/mol. The zero-order valence-corrected chi connectivity index (χ0v) is 25.9. The molecule has 3 heterocycles. The fourth-order valence-electron chi connectivity index (χ4n) is 5.62. The van der Waals surface area contributed by atoms with Gasteiger partial charge in [0, 0.05) is 36.1 Å². The molecule has 1 atom stereocenters. The van der Waals surface area contributed by atoms with Gasteiger partial charge in [0.2, 0.25) is 11.8 Å². The van der Waals surface area contributed by atoms with Crippen LogP contribution in [0.1, 0.15) is 71.0 Å². The molecule has 0 N–H and O–H groups in total. The lowest BCUT2D eigenvalue weighted by molar-refractivity contribution is 0.0635. The number of hydrogen-bond acceptors (Lipinski definition) is 6. The van der Waals surface area contributed by atoms with Crippen molar-refractivity contribution in [2.45, 2.75) is 58.3 Å². The van der Waals surface area contributed by atoms with E-state index >= 15 is 0 Å². The van der Waals surface area contributed by atoms with Gasteiger partial charge in [0.15, 0.2) is 0 Å². The molecule has 0 fully saturated rings.